The molecule has 1 aromatic carbocycles. The van der Waals surface area contributed by atoms with Gasteiger partial charge in [-0.3, -0.25) is 24.0 Å². The Bertz CT molecular complexity index is 1720. The van der Waals surface area contributed by atoms with Crippen LogP contribution in [0, 0.1) is 5.92 Å². The van der Waals surface area contributed by atoms with E-state index in [0.29, 0.717) is 11.3 Å². The van der Waals surface area contributed by atoms with Gasteiger partial charge in [0.2, 0.25) is 11.7 Å². The van der Waals surface area contributed by atoms with Crippen molar-refractivity contribution in [1.29, 1.82) is 0 Å². The highest BCUT2D eigenvalue weighted by Crippen LogP contribution is 2.34. The van der Waals surface area contributed by atoms with E-state index >= 15 is 0 Å². The number of carbonyl (C=O) groups is 5. The van der Waals surface area contributed by atoms with Gasteiger partial charge in [-0.2, -0.15) is 0 Å². The molecule has 0 spiro atoms. The molecule has 0 bridgehead atoms. The predicted octanol–water partition coefficient (Wildman–Crippen LogP) is 0.837. The standard InChI is InChI=1S/C36H47N7O9/c1-34(2,49)28-18-38-41-43(28)25-17-27(32(47)40-35(29(44)30(37)45)12-14-51-15-13-35)42(19-25)33(48)26(16-22-6-4-3-5-7-22)39-31(46)23-8-10-24(11-9-23)36(50)20-52-21-36/h8-11,18,22,25,27,49-50H,3-7,12-17,19-21H2,1-2H3,(H2,37,45)(H,40,47)/t25-,27-/m0/s1. The van der Waals surface area contributed by atoms with Crippen LogP contribution in [-0.2, 0) is 39.9 Å². The van der Waals surface area contributed by atoms with Crippen LogP contribution in [-0.4, -0.2) is 110 Å². The fourth-order valence-corrected chi connectivity index (χ4v) is 7.68. The van der Waals surface area contributed by atoms with Crippen LogP contribution >= 0.6 is 0 Å². The number of hydrogen-bond acceptors (Lipinski definition) is 11. The van der Waals surface area contributed by atoms with Gasteiger partial charge in [0, 0.05) is 44.6 Å². The summed E-state index contributed by atoms with van der Waals surface area (Å²) in [4.78, 5) is 73.6. The van der Waals surface area contributed by atoms with E-state index in [1.54, 1.807) is 38.1 Å². The molecular formula is C36H47N7O9. The van der Waals surface area contributed by atoms with Crippen LogP contribution < -0.4 is 11.1 Å². The van der Waals surface area contributed by atoms with Crippen molar-refractivity contribution < 1.29 is 43.7 Å². The number of rotatable bonds is 11. The molecule has 1 saturated carbocycles. The van der Waals surface area contributed by atoms with Crippen molar-refractivity contribution >= 4 is 35.1 Å². The molecule has 280 valence electrons. The summed E-state index contributed by atoms with van der Waals surface area (Å²) < 4.78 is 12.0. The Morgan fingerprint density at radius 1 is 1.04 bits per heavy atom. The average Bonchev–Trinajstić information content (AvgIpc) is 3.79. The van der Waals surface area contributed by atoms with Gasteiger partial charge in [-0.05, 0) is 43.9 Å². The molecule has 3 saturated heterocycles. The van der Waals surface area contributed by atoms with E-state index in [2.05, 4.69) is 20.6 Å². The monoisotopic (exact) mass is 721 g/mol. The van der Waals surface area contributed by atoms with E-state index in [-0.39, 0.29) is 75.8 Å². The summed E-state index contributed by atoms with van der Waals surface area (Å²) in [6.07, 6.45) is 6.45. The second-order valence-electron chi connectivity index (χ2n) is 15.0. The minimum Gasteiger partial charge on any atom is -0.384 e. The molecule has 1 aromatic heterocycles. The molecule has 0 radical (unpaired) electrons. The van der Waals surface area contributed by atoms with Gasteiger partial charge in [0.1, 0.15) is 28.5 Å². The lowest BCUT2D eigenvalue weighted by Crippen LogP contribution is -2.63. The number of nitrogens with two attached hydrogens (primary N) is 1. The maximum Gasteiger partial charge on any atom is 0.287 e. The number of aromatic nitrogens is 3. The molecule has 6 rings (SSSR count). The third-order valence-corrected chi connectivity index (χ3v) is 10.8. The number of likely N-dealkylation sites (tertiary alicyclic amines) is 1. The number of nitrogens with one attached hydrogen (secondary N) is 1. The van der Waals surface area contributed by atoms with Crippen molar-refractivity contribution in [1.82, 2.24) is 25.2 Å². The highest BCUT2D eigenvalue weighted by atomic mass is 16.5. The van der Waals surface area contributed by atoms with Crippen molar-refractivity contribution in [3.05, 3.63) is 47.3 Å². The summed E-state index contributed by atoms with van der Waals surface area (Å²) in [6.45, 7) is 3.62. The van der Waals surface area contributed by atoms with Crippen LogP contribution in [0.2, 0.25) is 0 Å². The first-order chi connectivity index (χ1) is 24.7. The number of carbonyl (C=O) groups excluding carboxylic acids is 5. The van der Waals surface area contributed by atoms with Crippen molar-refractivity contribution in [3.63, 3.8) is 0 Å². The summed E-state index contributed by atoms with van der Waals surface area (Å²) in [5.41, 5.74) is 2.52. The number of ketones is 1. The number of benzene rings is 1. The van der Waals surface area contributed by atoms with Gasteiger partial charge < -0.3 is 35.6 Å². The van der Waals surface area contributed by atoms with Crippen LogP contribution in [0.1, 0.15) is 99.3 Å². The van der Waals surface area contributed by atoms with E-state index in [9.17, 15) is 34.2 Å². The number of primary amides is 1. The number of Topliss-reactive ketones (excluding diaryl/α,β-unsaturated/α-hetero) is 1. The highest BCUT2D eigenvalue weighted by molar-refractivity contribution is 6.41. The summed E-state index contributed by atoms with van der Waals surface area (Å²) in [6, 6.07) is 4.58. The van der Waals surface area contributed by atoms with Gasteiger partial charge in [-0.25, -0.2) is 9.67 Å². The number of ether oxygens (including phenoxy) is 2. The lowest BCUT2D eigenvalue weighted by Gasteiger charge is -2.37. The molecule has 2 atom stereocenters. The third-order valence-electron chi connectivity index (χ3n) is 10.8. The van der Waals surface area contributed by atoms with Gasteiger partial charge in [-0.1, -0.05) is 49.5 Å². The fraction of sp³-hybridized carbons (Fsp3) is 0.611. The molecule has 4 amide bonds. The first kappa shape index (κ1) is 37.4. The van der Waals surface area contributed by atoms with Crippen LogP contribution in [0.3, 0.4) is 0 Å². The zero-order valence-corrected chi connectivity index (χ0v) is 29.6. The molecule has 4 fully saturated rings. The summed E-state index contributed by atoms with van der Waals surface area (Å²) in [5.74, 6) is -4.00. The number of nitrogens with zero attached hydrogens (tertiary/aromatic N) is 5. The average molecular weight is 722 g/mol. The van der Waals surface area contributed by atoms with Gasteiger partial charge in [-0.15, -0.1) is 5.10 Å². The minimum absolute atomic E-state index is 0.000687. The molecule has 16 heteroatoms. The number of amides is 4. The second-order valence-corrected chi connectivity index (χ2v) is 15.0. The highest BCUT2D eigenvalue weighted by Gasteiger charge is 2.49. The topological polar surface area (TPSA) is 229 Å². The van der Waals surface area contributed by atoms with E-state index in [1.165, 1.54) is 15.8 Å². The Morgan fingerprint density at radius 2 is 1.71 bits per heavy atom. The van der Waals surface area contributed by atoms with E-state index < -0.39 is 58.2 Å². The van der Waals surface area contributed by atoms with E-state index in [1.807, 2.05) is 0 Å². The largest absolute Gasteiger partial charge is 0.384 e. The molecule has 0 unspecified atom stereocenters. The molecule has 4 aliphatic rings. The first-order valence-electron chi connectivity index (χ1n) is 17.9. The van der Waals surface area contributed by atoms with Crippen LogP contribution in [0.5, 0.6) is 0 Å². The molecule has 1 aliphatic carbocycles. The smallest absolute Gasteiger partial charge is 0.287 e. The van der Waals surface area contributed by atoms with Crippen LogP contribution in [0.15, 0.2) is 35.5 Å². The zero-order valence-electron chi connectivity index (χ0n) is 29.6. The predicted molar refractivity (Wildman–Crippen MR) is 184 cm³/mol. The van der Waals surface area contributed by atoms with Gasteiger partial charge >= 0.3 is 0 Å². The van der Waals surface area contributed by atoms with Crippen molar-refractivity contribution in [2.24, 2.45) is 16.6 Å². The maximum absolute atomic E-state index is 14.7. The molecule has 5 N–H and O–H groups in total. The first-order valence-corrected chi connectivity index (χ1v) is 17.9. The van der Waals surface area contributed by atoms with Crippen molar-refractivity contribution in [2.75, 3.05) is 33.0 Å². The van der Waals surface area contributed by atoms with Gasteiger partial charge in [0.25, 0.3) is 17.7 Å². The molecule has 52 heavy (non-hydrogen) atoms. The maximum atomic E-state index is 14.7. The third kappa shape index (κ3) is 7.70. The zero-order chi connectivity index (χ0) is 37.3. The van der Waals surface area contributed by atoms with E-state index in [4.69, 9.17) is 15.2 Å². The molecule has 2 aromatic rings. The van der Waals surface area contributed by atoms with Crippen molar-refractivity contribution in [2.45, 2.75) is 100 Å². The molecular weight excluding hydrogens is 674 g/mol. The van der Waals surface area contributed by atoms with E-state index in [0.717, 1.165) is 32.1 Å². The SMILES string of the molecule is CC(C)(O)c1cnnn1[C@H]1C[C@@H](C(=O)NC2(C(=O)C(N)=O)CCOCC2)N(C(=O)C(CC2CCCCC2)=NC(=O)c2ccc(C3(O)COC3)cc2)C1. The minimum atomic E-state index is -1.61. The van der Waals surface area contributed by atoms with Gasteiger partial charge in [0.05, 0.1) is 31.1 Å². The molecule has 3 aliphatic heterocycles. The Balaban J connectivity index is 1.34. The number of aliphatic imine (C=N–C) groups is 1. The lowest BCUT2D eigenvalue weighted by molar-refractivity contribution is -0.184. The number of aliphatic hydroxyl groups is 2. The molecule has 16 nitrogen and oxygen atoms in total. The summed E-state index contributed by atoms with van der Waals surface area (Å²) >= 11 is 0. The second kappa shape index (κ2) is 14.9. The quantitative estimate of drug-likeness (QED) is 0.188. The lowest BCUT2D eigenvalue weighted by atomic mass is 9.84. The normalized spacial score (nSPS) is 23.5. The van der Waals surface area contributed by atoms with Crippen LogP contribution in [0.25, 0.3) is 0 Å². The Labute approximate surface area is 301 Å². The Morgan fingerprint density at radius 3 is 2.31 bits per heavy atom. The fourth-order valence-electron chi connectivity index (χ4n) is 7.68. The molecule has 4 heterocycles. The Hall–Kier alpha value is -4.38. The van der Waals surface area contributed by atoms with Crippen molar-refractivity contribution in [3.8, 4) is 0 Å². The summed E-state index contributed by atoms with van der Waals surface area (Å²) in [5, 5.41) is 32.4. The van der Waals surface area contributed by atoms with Gasteiger partial charge in [0.15, 0.2) is 0 Å². The van der Waals surface area contributed by atoms with Crippen LogP contribution in [0.4, 0.5) is 0 Å². The summed E-state index contributed by atoms with van der Waals surface area (Å²) in [7, 11) is 0. The number of hydrogen-bond donors (Lipinski definition) is 4. The Kier molecular flexibility index (Phi) is 10.7.